The number of carbonyl (C=O) groups excluding carboxylic acids is 3. The molecule has 0 unspecified atom stereocenters. The molecule has 1 aromatic heterocycles. The van der Waals surface area contributed by atoms with E-state index in [1.165, 1.54) is 0 Å². The summed E-state index contributed by atoms with van der Waals surface area (Å²) in [7, 11) is 0. The largest absolute Gasteiger partial charge is 0.343 e. The lowest BCUT2D eigenvalue weighted by atomic mass is 9.93. The van der Waals surface area contributed by atoms with Crippen molar-refractivity contribution >= 4 is 50.7 Å². The summed E-state index contributed by atoms with van der Waals surface area (Å²) < 4.78 is 1.12. The van der Waals surface area contributed by atoms with E-state index in [0.717, 1.165) is 78.0 Å². The molecule has 41 heavy (non-hydrogen) atoms. The van der Waals surface area contributed by atoms with Gasteiger partial charge in [-0.2, -0.15) is 0 Å². The normalized spacial score (nSPS) is 19.6. The number of halogens is 1. The Kier molecular flexibility index (Phi) is 8.33. The Morgan fingerprint density at radius 3 is 2.05 bits per heavy atom. The Labute approximate surface area is 250 Å². The molecule has 3 amide bonds. The van der Waals surface area contributed by atoms with Crippen molar-refractivity contribution in [3.8, 4) is 10.4 Å². The van der Waals surface area contributed by atoms with E-state index in [4.69, 9.17) is 11.6 Å². The summed E-state index contributed by atoms with van der Waals surface area (Å²) >= 11 is 7.81. The second-order valence-corrected chi connectivity index (χ2v) is 13.0. The first-order valence-corrected chi connectivity index (χ1v) is 15.9. The van der Waals surface area contributed by atoms with Gasteiger partial charge in [0.2, 0.25) is 11.8 Å². The summed E-state index contributed by atoms with van der Waals surface area (Å²) in [4.78, 5) is 48.1. The van der Waals surface area contributed by atoms with E-state index in [1.807, 2.05) is 51.1 Å². The van der Waals surface area contributed by atoms with Gasteiger partial charge in [-0.05, 0) is 49.4 Å². The topological polar surface area (TPSA) is 64.2 Å². The van der Waals surface area contributed by atoms with Crippen molar-refractivity contribution in [2.45, 2.75) is 38.6 Å². The third-order valence-corrected chi connectivity index (χ3v) is 10.6. The first kappa shape index (κ1) is 28.2. The van der Waals surface area contributed by atoms with E-state index in [9.17, 15) is 14.4 Å². The second kappa shape index (κ2) is 12.1. The molecule has 216 valence electrons. The molecular weight excluding hydrogens is 556 g/mol. The SMILES string of the molecule is CC(=O)N1CCC(C(=O)N2CCC(N3CCN(C(=O)c4c(-c5ccc(Cl)cc5)sc5ccccc45)CC3)CC2)CC1. The first-order valence-electron chi connectivity index (χ1n) is 14.7. The Bertz CT molecular complexity index is 1420. The van der Waals surface area contributed by atoms with Crippen LogP contribution in [0, 0.1) is 5.92 Å². The molecule has 4 heterocycles. The van der Waals surface area contributed by atoms with Gasteiger partial charge in [0, 0.05) is 91.2 Å². The molecule has 0 spiro atoms. The van der Waals surface area contributed by atoms with Gasteiger partial charge in [-0.15, -0.1) is 11.3 Å². The van der Waals surface area contributed by atoms with Crippen molar-refractivity contribution in [2.24, 2.45) is 5.92 Å². The Morgan fingerprint density at radius 2 is 1.39 bits per heavy atom. The van der Waals surface area contributed by atoms with Crippen LogP contribution in [0.4, 0.5) is 0 Å². The lowest BCUT2D eigenvalue weighted by molar-refractivity contribution is -0.141. The number of likely N-dealkylation sites (tertiary alicyclic amines) is 2. The van der Waals surface area contributed by atoms with Gasteiger partial charge in [-0.3, -0.25) is 19.3 Å². The van der Waals surface area contributed by atoms with Crippen LogP contribution in [0.25, 0.3) is 20.5 Å². The molecule has 0 aliphatic carbocycles. The fraction of sp³-hybridized carbons (Fsp3) is 0.469. The van der Waals surface area contributed by atoms with Crippen molar-refractivity contribution in [1.29, 1.82) is 0 Å². The van der Waals surface area contributed by atoms with Crippen LogP contribution in [0.3, 0.4) is 0 Å². The van der Waals surface area contributed by atoms with Crippen molar-refractivity contribution in [1.82, 2.24) is 19.6 Å². The monoisotopic (exact) mass is 592 g/mol. The van der Waals surface area contributed by atoms with Crippen LogP contribution in [-0.4, -0.2) is 95.7 Å². The highest BCUT2D eigenvalue weighted by Gasteiger charge is 2.34. The van der Waals surface area contributed by atoms with Gasteiger partial charge in [0.05, 0.1) is 5.56 Å². The fourth-order valence-electron chi connectivity index (χ4n) is 6.66. The van der Waals surface area contributed by atoms with Crippen LogP contribution < -0.4 is 0 Å². The van der Waals surface area contributed by atoms with E-state index >= 15 is 0 Å². The number of hydrogen-bond acceptors (Lipinski definition) is 5. The number of piperazine rings is 1. The van der Waals surface area contributed by atoms with Crippen LogP contribution in [0.5, 0.6) is 0 Å². The van der Waals surface area contributed by atoms with E-state index in [2.05, 4.69) is 17.0 Å². The number of fused-ring (bicyclic) bond motifs is 1. The number of hydrogen-bond donors (Lipinski definition) is 0. The van der Waals surface area contributed by atoms with Crippen LogP contribution in [0.15, 0.2) is 48.5 Å². The molecule has 6 rings (SSSR count). The third kappa shape index (κ3) is 5.87. The smallest absolute Gasteiger partial charge is 0.256 e. The van der Waals surface area contributed by atoms with Crippen molar-refractivity contribution < 1.29 is 14.4 Å². The zero-order chi connectivity index (χ0) is 28.5. The van der Waals surface area contributed by atoms with Crippen molar-refractivity contribution in [3.63, 3.8) is 0 Å². The predicted molar refractivity (Wildman–Crippen MR) is 164 cm³/mol. The summed E-state index contributed by atoms with van der Waals surface area (Å²) in [5.74, 6) is 0.511. The molecule has 3 fully saturated rings. The fourth-order valence-corrected chi connectivity index (χ4v) is 7.99. The van der Waals surface area contributed by atoms with Gasteiger partial charge < -0.3 is 14.7 Å². The van der Waals surface area contributed by atoms with Gasteiger partial charge in [-0.1, -0.05) is 41.9 Å². The summed E-state index contributed by atoms with van der Waals surface area (Å²) in [6.45, 7) is 7.68. The lowest BCUT2D eigenvalue weighted by Gasteiger charge is -2.43. The van der Waals surface area contributed by atoms with E-state index in [0.29, 0.717) is 37.2 Å². The maximum absolute atomic E-state index is 14.0. The molecule has 0 N–H and O–H groups in total. The molecule has 0 radical (unpaired) electrons. The molecule has 3 aromatic rings. The van der Waals surface area contributed by atoms with Crippen LogP contribution >= 0.6 is 22.9 Å². The van der Waals surface area contributed by atoms with Crippen molar-refractivity contribution in [2.75, 3.05) is 52.4 Å². The number of nitrogens with zero attached hydrogens (tertiary/aromatic N) is 4. The van der Waals surface area contributed by atoms with Gasteiger partial charge in [0.1, 0.15) is 0 Å². The molecule has 3 aliphatic heterocycles. The van der Waals surface area contributed by atoms with E-state index in [-0.39, 0.29) is 23.6 Å². The Balaban J connectivity index is 1.06. The van der Waals surface area contributed by atoms with Gasteiger partial charge >= 0.3 is 0 Å². The molecular formula is C32H37ClN4O3S. The average Bonchev–Trinajstić information content (AvgIpc) is 3.40. The minimum absolute atomic E-state index is 0.0441. The van der Waals surface area contributed by atoms with E-state index < -0.39 is 0 Å². The Hall–Kier alpha value is -2.94. The highest BCUT2D eigenvalue weighted by Crippen LogP contribution is 2.40. The van der Waals surface area contributed by atoms with Crippen LogP contribution in [-0.2, 0) is 9.59 Å². The Morgan fingerprint density at radius 1 is 0.756 bits per heavy atom. The number of thiophene rings is 1. The molecule has 3 saturated heterocycles. The molecule has 2 aromatic carbocycles. The lowest BCUT2D eigenvalue weighted by Crippen LogP contribution is -2.55. The molecule has 0 atom stereocenters. The summed E-state index contributed by atoms with van der Waals surface area (Å²) in [6.07, 6.45) is 3.49. The summed E-state index contributed by atoms with van der Waals surface area (Å²) in [5.41, 5.74) is 1.81. The average molecular weight is 593 g/mol. The van der Waals surface area contributed by atoms with Crippen molar-refractivity contribution in [3.05, 3.63) is 59.1 Å². The minimum Gasteiger partial charge on any atom is -0.343 e. The summed E-state index contributed by atoms with van der Waals surface area (Å²) in [6, 6.07) is 16.4. The molecule has 3 aliphatic rings. The number of amides is 3. The first-order chi connectivity index (χ1) is 19.9. The standard InChI is InChI=1S/C32H37ClN4O3S/c1-22(38)34-14-10-24(11-15-34)31(39)36-16-12-26(13-17-36)35-18-20-37(21-19-35)32(40)29-27-4-2-3-5-28(27)41-30(29)23-6-8-25(33)9-7-23/h2-9,24,26H,10-21H2,1H3. The van der Waals surface area contributed by atoms with Gasteiger partial charge in [0.25, 0.3) is 5.91 Å². The highest BCUT2D eigenvalue weighted by atomic mass is 35.5. The molecule has 7 nitrogen and oxygen atoms in total. The number of piperidine rings is 2. The third-order valence-electron chi connectivity index (χ3n) is 9.10. The summed E-state index contributed by atoms with van der Waals surface area (Å²) in [5, 5.41) is 1.70. The predicted octanol–water partition coefficient (Wildman–Crippen LogP) is 5.23. The van der Waals surface area contributed by atoms with E-state index in [1.54, 1.807) is 18.3 Å². The van der Waals surface area contributed by atoms with Crippen LogP contribution in [0.1, 0.15) is 43.0 Å². The number of benzene rings is 2. The zero-order valence-electron chi connectivity index (χ0n) is 23.6. The maximum Gasteiger partial charge on any atom is 0.256 e. The quantitative estimate of drug-likeness (QED) is 0.416. The van der Waals surface area contributed by atoms with Gasteiger partial charge in [0.15, 0.2) is 0 Å². The second-order valence-electron chi connectivity index (χ2n) is 11.5. The highest BCUT2D eigenvalue weighted by molar-refractivity contribution is 7.22. The minimum atomic E-state index is 0.0441. The number of carbonyl (C=O) groups is 3. The van der Waals surface area contributed by atoms with Crippen LogP contribution in [0.2, 0.25) is 5.02 Å². The molecule has 0 bridgehead atoms. The zero-order valence-corrected chi connectivity index (χ0v) is 25.1. The molecule has 9 heteroatoms. The number of rotatable bonds is 4. The van der Waals surface area contributed by atoms with Gasteiger partial charge in [-0.25, -0.2) is 0 Å². The molecule has 0 saturated carbocycles. The maximum atomic E-state index is 14.0.